The monoisotopic (exact) mass is 707 g/mol. The largest absolute Gasteiger partial charge is 0.450 e. The van der Waals surface area contributed by atoms with Gasteiger partial charge in [-0.2, -0.15) is 18.3 Å². The molecule has 0 saturated carbocycles. The number of nitrogens with zero attached hydrogens (tertiary/aromatic N) is 6. The Labute approximate surface area is 293 Å². The standard InChI is InChI=1S/C37H41F4N7O3/c1-4-24-21-47(36(49)44-28-6-5-26(31(16-28)37(39,40)41)20-46-11-9-45(3)10-12-46)23(2)30-17-29(18-42-34(24)30)51-35-32(38)19-43-48-22-27(15-33(35)48)25-7-13-50-14-8-25/h5-7,15-19,22-24H,4,8-14,20-21H2,1-3H3,(H,44,49). The van der Waals surface area contributed by atoms with Gasteiger partial charge in [-0.15, -0.1) is 0 Å². The Morgan fingerprint density at radius 3 is 2.65 bits per heavy atom. The molecule has 0 radical (unpaired) electrons. The summed E-state index contributed by atoms with van der Waals surface area (Å²) >= 11 is 0. The highest BCUT2D eigenvalue weighted by Gasteiger charge is 2.37. The normalized spacial score (nSPS) is 20.3. The molecule has 3 aliphatic heterocycles. The van der Waals surface area contributed by atoms with Gasteiger partial charge in [0.15, 0.2) is 11.6 Å². The minimum atomic E-state index is -4.58. The Kier molecular flexibility index (Phi) is 9.74. The first-order chi connectivity index (χ1) is 24.5. The van der Waals surface area contributed by atoms with Crippen LogP contribution in [0.5, 0.6) is 11.5 Å². The van der Waals surface area contributed by atoms with Gasteiger partial charge in [0.1, 0.15) is 11.3 Å². The fourth-order valence-electron chi connectivity index (χ4n) is 7.13. The number of urea groups is 1. The zero-order valence-electron chi connectivity index (χ0n) is 28.8. The number of anilines is 1. The molecule has 2 amide bonds. The van der Waals surface area contributed by atoms with Crippen molar-refractivity contribution in [2.75, 3.05) is 58.3 Å². The number of piperazine rings is 1. The molecule has 1 saturated heterocycles. The van der Waals surface area contributed by atoms with Gasteiger partial charge in [0, 0.05) is 57.1 Å². The maximum atomic E-state index is 15.2. The van der Waals surface area contributed by atoms with Crippen molar-refractivity contribution in [2.45, 2.75) is 51.4 Å². The average Bonchev–Trinajstić information content (AvgIpc) is 3.56. The van der Waals surface area contributed by atoms with E-state index in [-0.39, 0.29) is 35.2 Å². The molecule has 0 aliphatic carbocycles. The average molecular weight is 708 g/mol. The predicted octanol–water partition coefficient (Wildman–Crippen LogP) is 7.33. The Morgan fingerprint density at radius 2 is 1.92 bits per heavy atom. The first-order valence-electron chi connectivity index (χ1n) is 17.3. The second kappa shape index (κ2) is 14.2. The number of carbonyl (C=O) groups excluding carboxylic acids is 1. The van der Waals surface area contributed by atoms with Crippen molar-refractivity contribution in [2.24, 2.45) is 0 Å². The maximum absolute atomic E-state index is 15.2. The van der Waals surface area contributed by atoms with Crippen LogP contribution in [0.3, 0.4) is 0 Å². The summed E-state index contributed by atoms with van der Waals surface area (Å²) in [4.78, 5) is 24.2. The number of hydrogen-bond donors (Lipinski definition) is 1. The Balaban J connectivity index is 1.12. The second-order valence-corrected chi connectivity index (χ2v) is 13.5. The van der Waals surface area contributed by atoms with Gasteiger partial charge in [-0.3, -0.25) is 9.88 Å². The molecule has 0 spiro atoms. The van der Waals surface area contributed by atoms with Crippen LogP contribution in [-0.4, -0.2) is 88.3 Å². The van der Waals surface area contributed by atoms with Crippen molar-refractivity contribution in [1.29, 1.82) is 0 Å². The van der Waals surface area contributed by atoms with Gasteiger partial charge in [-0.25, -0.2) is 13.7 Å². The lowest BCUT2D eigenvalue weighted by Gasteiger charge is -2.39. The van der Waals surface area contributed by atoms with E-state index in [1.807, 2.05) is 44.1 Å². The number of benzene rings is 1. The second-order valence-electron chi connectivity index (χ2n) is 13.5. The van der Waals surface area contributed by atoms with Gasteiger partial charge >= 0.3 is 12.2 Å². The van der Waals surface area contributed by atoms with E-state index >= 15 is 4.39 Å². The van der Waals surface area contributed by atoms with Crippen molar-refractivity contribution in [3.8, 4) is 11.5 Å². The van der Waals surface area contributed by atoms with Gasteiger partial charge in [-0.1, -0.05) is 19.1 Å². The topological polar surface area (TPSA) is 87.5 Å². The van der Waals surface area contributed by atoms with E-state index in [2.05, 4.69) is 15.3 Å². The van der Waals surface area contributed by atoms with Crippen LogP contribution in [0.15, 0.2) is 55.0 Å². The third kappa shape index (κ3) is 7.30. The number of alkyl halides is 3. The van der Waals surface area contributed by atoms with Crippen molar-refractivity contribution >= 4 is 22.8 Å². The van der Waals surface area contributed by atoms with Crippen LogP contribution < -0.4 is 10.1 Å². The molecule has 270 valence electrons. The zero-order valence-corrected chi connectivity index (χ0v) is 28.8. The number of rotatable bonds is 7. The number of pyridine rings is 1. The van der Waals surface area contributed by atoms with Crippen molar-refractivity contribution in [1.82, 2.24) is 29.3 Å². The van der Waals surface area contributed by atoms with E-state index in [4.69, 9.17) is 14.5 Å². The predicted molar refractivity (Wildman–Crippen MR) is 184 cm³/mol. The van der Waals surface area contributed by atoms with Crippen molar-refractivity contribution in [3.63, 3.8) is 0 Å². The summed E-state index contributed by atoms with van der Waals surface area (Å²) in [6.45, 7) is 8.40. The van der Waals surface area contributed by atoms with Gasteiger partial charge in [-0.05, 0) is 73.3 Å². The van der Waals surface area contributed by atoms with Gasteiger partial charge in [0.2, 0.25) is 0 Å². The van der Waals surface area contributed by atoms with E-state index in [1.54, 1.807) is 21.7 Å². The van der Waals surface area contributed by atoms with Gasteiger partial charge in [0.05, 0.1) is 42.9 Å². The van der Waals surface area contributed by atoms with Crippen LogP contribution in [0.4, 0.5) is 28.0 Å². The number of aromatic nitrogens is 3. The van der Waals surface area contributed by atoms with Crippen LogP contribution in [0.25, 0.3) is 11.1 Å². The molecule has 14 heteroatoms. The highest BCUT2D eigenvalue weighted by Crippen LogP contribution is 2.40. The molecule has 2 unspecified atom stereocenters. The lowest BCUT2D eigenvalue weighted by atomic mass is 9.88. The number of likely N-dealkylation sites (N-methyl/N-ethyl adjacent to an activating group) is 1. The Bertz CT molecular complexity index is 1950. The number of nitrogens with one attached hydrogen (secondary N) is 1. The third-order valence-electron chi connectivity index (χ3n) is 10.2. The van der Waals surface area contributed by atoms with Gasteiger partial charge < -0.3 is 24.6 Å². The lowest BCUT2D eigenvalue weighted by molar-refractivity contribution is -0.138. The molecule has 3 aliphatic rings. The number of carbonyl (C=O) groups is 1. The van der Waals surface area contributed by atoms with E-state index in [9.17, 15) is 18.0 Å². The van der Waals surface area contributed by atoms with E-state index < -0.39 is 29.6 Å². The fourth-order valence-corrected chi connectivity index (χ4v) is 7.13. The third-order valence-corrected chi connectivity index (χ3v) is 10.2. The SMILES string of the molecule is CCC1CN(C(=O)Nc2ccc(CN3CCN(C)CC3)c(C(F)(F)F)c2)C(C)c2cc(Oc3c(F)cnn4cc(C5=CCOCC5)cc34)cnc21. The summed E-state index contributed by atoms with van der Waals surface area (Å²) in [5.41, 5.74) is 3.43. The molecule has 2 atom stereocenters. The maximum Gasteiger partial charge on any atom is 0.416 e. The molecule has 1 N–H and O–H groups in total. The van der Waals surface area contributed by atoms with Crippen molar-refractivity contribution in [3.05, 3.63) is 88.8 Å². The molecule has 7 rings (SSSR count). The summed E-state index contributed by atoms with van der Waals surface area (Å²) in [5, 5.41) is 6.91. The molecule has 3 aromatic heterocycles. The number of halogens is 4. The van der Waals surface area contributed by atoms with Crippen LogP contribution in [0, 0.1) is 5.82 Å². The van der Waals surface area contributed by atoms with Crippen LogP contribution >= 0.6 is 0 Å². The number of amides is 2. The summed E-state index contributed by atoms with van der Waals surface area (Å²) in [7, 11) is 2.00. The minimum Gasteiger partial charge on any atom is -0.450 e. The number of hydrogen-bond acceptors (Lipinski definition) is 7. The van der Waals surface area contributed by atoms with E-state index in [0.717, 1.165) is 48.6 Å². The van der Waals surface area contributed by atoms with E-state index in [0.29, 0.717) is 50.3 Å². The molecule has 6 heterocycles. The Hall–Kier alpha value is -4.53. The smallest absolute Gasteiger partial charge is 0.416 e. The molecule has 0 bridgehead atoms. The molecule has 10 nitrogen and oxygen atoms in total. The molecule has 51 heavy (non-hydrogen) atoms. The molecule has 4 aromatic rings. The van der Waals surface area contributed by atoms with Crippen LogP contribution in [0.2, 0.25) is 0 Å². The first kappa shape index (κ1) is 34.9. The quantitative estimate of drug-likeness (QED) is 0.201. The summed E-state index contributed by atoms with van der Waals surface area (Å²) in [5.74, 6) is -0.493. The fraction of sp³-hybridized carbons (Fsp3) is 0.432. The molecule has 1 fully saturated rings. The summed E-state index contributed by atoms with van der Waals surface area (Å²) < 4.78 is 71.1. The number of fused-ring (bicyclic) bond motifs is 2. The Morgan fingerprint density at radius 1 is 1.12 bits per heavy atom. The number of ether oxygens (including phenoxy) is 2. The lowest BCUT2D eigenvalue weighted by Crippen LogP contribution is -2.44. The van der Waals surface area contributed by atoms with E-state index in [1.165, 1.54) is 12.1 Å². The van der Waals surface area contributed by atoms with Crippen molar-refractivity contribution < 1.29 is 31.8 Å². The summed E-state index contributed by atoms with van der Waals surface area (Å²) in [6.07, 6.45) is 3.29. The van der Waals surface area contributed by atoms with Crippen LogP contribution in [0.1, 0.15) is 66.6 Å². The first-order valence-corrected chi connectivity index (χ1v) is 17.3. The highest BCUT2D eigenvalue weighted by molar-refractivity contribution is 5.90. The van der Waals surface area contributed by atoms with Crippen LogP contribution in [-0.2, 0) is 17.5 Å². The zero-order chi connectivity index (χ0) is 35.9. The molecular formula is C37H41F4N7O3. The highest BCUT2D eigenvalue weighted by atomic mass is 19.4. The summed E-state index contributed by atoms with van der Waals surface area (Å²) in [6, 6.07) is 6.57. The molecule has 1 aromatic carbocycles. The molecular weight excluding hydrogens is 666 g/mol. The van der Waals surface area contributed by atoms with Gasteiger partial charge in [0.25, 0.3) is 0 Å². The minimum absolute atomic E-state index is 0.00713.